The first kappa shape index (κ1) is 22.6. The number of carbonyl (C=O) groups excluding carboxylic acids is 2. The third-order valence-electron chi connectivity index (χ3n) is 5.66. The van der Waals surface area contributed by atoms with Crippen LogP contribution in [0.4, 0.5) is 18.9 Å². The molecule has 0 unspecified atom stereocenters. The summed E-state index contributed by atoms with van der Waals surface area (Å²) in [7, 11) is 0. The molecule has 1 aromatic rings. The number of piperazine rings is 1. The van der Waals surface area contributed by atoms with Gasteiger partial charge in [0.1, 0.15) is 0 Å². The average molecular weight is 426 g/mol. The Morgan fingerprint density at radius 1 is 0.833 bits per heavy atom. The summed E-state index contributed by atoms with van der Waals surface area (Å²) in [5.41, 5.74) is -1.09. The Hall–Kier alpha value is -2.13. The summed E-state index contributed by atoms with van der Waals surface area (Å²) in [6.45, 7) is 4.48. The molecule has 30 heavy (non-hydrogen) atoms. The molecule has 2 fully saturated rings. The second kappa shape index (κ2) is 10.3. The highest BCUT2D eigenvalue weighted by Gasteiger charge is 2.33. The van der Waals surface area contributed by atoms with Crippen LogP contribution < -0.4 is 5.32 Å². The summed E-state index contributed by atoms with van der Waals surface area (Å²) < 4.78 is 39.2. The van der Waals surface area contributed by atoms with Crippen molar-refractivity contribution >= 4 is 17.5 Å². The molecular formula is C21H29F3N4O2. The maximum atomic E-state index is 13.1. The fraction of sp³-hybridized carbons (Fsp3) is 0.619. The molecule has 0 aliphatic carbocycles. The predicted molar refractivity (Wildman–Crippen MR) is 108 cm³/mol. The number of anilines is 1. The van der Waals surface area contributed by atoms with Gasteiger partial charge in [-0.3, -0.25) is 19.4 Å². The Morgan fingerprint density at radius 3 is 2.07 bits per heavy atom. The minimum atomic E-state index is -4.52. The van der Waals surface area contributed by atoms with Crippen LogP contribution in [0.1, 0.15) is 31.2 Å². The van der Waals surface area contributed by atoms with Gasteiger partial charge < -0.3 is 10.2 Å². The molecule has 2 aliphatic rings. The maximum Gasteiger partial charge on any atom is 0.418 e. The molecule has 0 saturated carbocycles. The van der Waals surface area contributed by atoms with Crippen LogP contribution in [0.25, 0.3) is 0 Å². The molecule has 166 valence electrons. The fourth-order valence-corrected chi connectivity index (χ4v) is 3.97. The topological polar surface area (TPSA) is 55.9 Å². The number of nitrogens with one attached hydrogen (secondary N) is 1. The van der Waals surface area contributed by atoms with Gasteiger partial charge in [0, 0.05) is 26.2 Å². The van der Waals surface area contributed by atoms with E-state index in [1.807, 2.05) is 9.80 Å². The maximum absolute atomic E-state index is 13.1. The molecule has 3 rings (SSSR count). The fourth-order valence-electron chi connectivity index (χ4n) is 3.97. The van der Waals surface area contributed by atoms with E-state index in [1.54, 1.807) is 0 Å². The summed E-state index contributed by atoms with van der Waals surface area (Å²) in [6, 6.07) is 4.95. The Labute approximate surface area is 175 Å². The van der Waals surface area contributed by atoms with Crippen molar-refractivity contribution in [2.75, 3.05) is 57.7 Å². The van der Waals surface area contributed by atoms with E-state index in [2.05, 4.69) is 10.2 Å². The zero-order valence-electron chi connectivity index (χ0n) is 17.1. The summed E-state index contributed by atoms with van der Waals surface area (Å²) in [4.78, 5) is 30.7. The Morgan fingerprint density at radius 2 is 1.43 bits per heavy atom. The van der Waals surface area contributed by atoms with Crippen LogP contribution in [0.2, 0.25) is 0 Å². The SMILES string of the molecule is O=C(CN1CCN(C(=O)CN2CCCCCC2)CC1)Nc1ccccc1C(F)(F)F. The van der Waals surface area contributed by atoms with Crippen molar-refractivity contribution in [3.8, 4) is 0 Å². The van der Waals surface area contributed by atoms with E-state index in [9.17, 15) is 22.8 Å². The van der Waals surface area contributed by atoms with Gasteiger partial charge in [0.25, 0.3) is 0 Å². The van der Waals surface area contributed by atoms with Crippen LogP contribution in [-0.2, 0) is 15.8 Å². The third-order valence-corrected chi connectivity index (χ3v) is 5.66. The van der Waals surface area contributed by atoms with Crippen LogP contribution in [0.15, 0.2) is 24.3 Å². The number of hydrogen-bond donors (Lipinski definition) is 1. The molecular weight excluding hydrogens is 397 g/mol. The number of alkyl halides is 3. The van der Waals surface area contributed by atoms with E-state index >= 15 is 0 Å². The number of halogens is 3. The van der Waals surface area contributed by atoms with Crippen LogP contribution in [0, 0.1) is 0 Å². The van der Waals surface area contributed by atoms with E-state index in [4.69, 9.17) is 0 Å². The predicted octanol–water partition coefficient (Wildman–Crippen LogP) is 2.66. The smallest absolute Gasteiger partial charge is 0.339 e. The van der Waals surface area contributed by atoms with Gasteiger partial charge >= 0.3 is 6.18 Å². The lowest BCUT2D eigenvalue weighted by Gasteiger charge is -2.35. The number of carbonyl (C=O) groups is 2. The van der Waals surface area contributed by atoms with Crippen LogP contribution in [0.3, 0.4) is 0 Å². The number of amides is 2. The van der Waals surface area contributed by atoms with E-state index in [0.717, 1.165) is 32.0 Å². The highest BCUT2D eigenvalue weighted by atomic mass is 19.4. The second-order valence-electron chi connectivity index (χ2n) is 7.94. The summed E-state index contributed by atoms with van der Waals surface area (Å²) in [5, 5.41) is 2.37. The quantitative estimate of drug-likeness (QED) is 0.787. The first-order chi connectivity index (χ1) is 14.3. The van der Waals surface area contributed by atoms with Gasteiger partial charge in [-0.2, -0.15) is 13.2 Å². The lowest BCUT2D eigenvalue weighted by molar-refractivity contribution is -0.137. The molecule has 0 atom stereocenters. The minimum Gasteiger partial charge on any atom is -0.339 e. The standard InChI is InChI=1S/C21H29F3N4O2/c22-21(23,24)17-7-3-4-8-18(17)25-19(29)15-27-11-13-28(14-12-27)20(30)16-26-9-5-1-2-6-10-26/h3-4,7-8H,1-2,5-6,9-16H2,(H,25,29). The number of nitrogens with zero attached hydrogens (tertiary/aromatic N) is 3. The average Bonchev–Trinajstić information content (AvgIpc) is 2.96. The summed E-state index contributed by atoms with van der Waals surface area (Å²) in [6.07, 6.45) is 0.183. The van der Waals surface area contributed by atoms with Crippen molar-refractivity contribution in [2.24, 2.45) is 0 Å². The van der Waals surface area contributed by atoms with E-state index < -0.39 is 17.6 Å². The molecule has 0 bridgehead atoms. The van der Waals surface area contributed by atoms with Gasteiger partial charge in [-0.15, -0.1) is 0 Å². The number of hydrogen-bond acceptors (Lipinski definition) is 4. The lowest BCUT2D eigenvalue weighted by Crippen LogP contribution is -2.52. The zero-order chi connectivity index (χ0) is 21.6. The summed E-state index contributed by atoms with van der Waals surface area (Å²) in [5.74, 6) is -0.379. The van der Waals surface area contributed by atoms with Crippen molar-refractivity contribution < 1.29 is 22.8 Å². The Balaban J connectivity index is 1.44. The van der Waals surface area contributed by atoms with E-state index in [1.165, 1.54) is 31.0 Å². The molecule has 2 aliphatic heterocycles. The molecule has 1 N–H and O–H groups in total. The van der Waals surface area contributed by atoms with Crippen molar-refractivity contribution in [3.05, 3.63) is 29.8 Å². The van der Waals surface area contributed by atoms with Crippen molar-refractivity contribution in [2.45, 2.75) is 31.9 Å². The van der Waals surface area contributed by atoms with Gasteiger partial charge in [0.05, 0.1) is 24.3 Å². The molecule has 6 nitrogen and oxygen atoms in total. The Kier molecular flexibility index (Phi) is 7.71. The van der Waals surface area contributed by atoms with Crippen LogP contribution in [-0.4, -0.2) is 78.9 Å². The van der Waals surface area contributed by atoms with Gasteiger partial charge in [-0.25, -0.2) is 0 Å². The first-order valence-corrected chi connectivity index (χ1v) is 10.5. The van der Waals surface area contributed by atoms with Gasteiger partial charge in [0.15, 0.2) is 0 Å². The summed E-state index contributed by atoms with van der Waals surface area (Å²) >= 11 is 0. The van der Waals surface area contributed by atoms with Gasteiger partial charge in [-0.05, 0) is 38.1 Å². The number of para-hydroxylation sites is 1. The molecule has 0 aromatic heterocycles. The molecule has 2 saturated heterocycles. The van der Waals surface area contributed by atoms with Gasteiger partial charge in [-0.1, -0.05) is 25.0 Å². The number of likely N-dealkylation sites (tertiary alicyclic amines) is 1. The van der Waals surface area contributed by atoms with E-state index in [0.29, 0.717) is 32.7 Å². The van der Waals surface area contributed by atoms with Crippen molar-refractivity contribution in [1.82, 2.24) is 14.7 Å². The van der Waals surface area contributed by atoms with E-state index in [-0.39, 0.29) is 18.1 Å². The Bertz CT molecular complexity index is 725. The highest BCUT2D eigenvalue weighted by molar-refractivity contribution is 5.93. The third kappa shape index (κ3) is 6.43. The monoisotopic (exact) mass is 426 g/mol. The lowest BCUT2D eigenvalue weighted by atomic mass is 10.1. The molecule has 9 heteroatoms. The molecule has 2 heterocycles. The minimum absolute atomic E-state index is 0.000344. The van der Waals surface area contributed by atoms with Gasteiger partial charge in [0.2, 0.25) is 11.8 Å². The zero-order valence-corrected chi connectivity index (χ0v) is 17.1. The molecule has 0 spiro atoms. The normalized spacial score (nSPS) is 19.4. The van der Waals surface area contributed by atoms with Crippen molar-refractivity contribution in [1.29, 1.82) is 0 Å². The molecule has 0 radical (unpaired) electrons. The highest BCUT2D eigenvalue weighted by Crippen LogP contribution is 2.34. The van der Waals surface area contributed by atoms with Crippen molar-refractivity contribution in [3.63, 3.8) is 0 Å². The largest absolute Gasteiger partial charge is 0.418 e. The molecule has 1 aromatic carbocycles. The number of rotatable bonds is 5. The first-order valence-electron chi connectivity index (χ1n) is 10.5. The second-order valence-corrected chi connectivity index (χ2v) is 7.94. The van der Waals surface area contributed by atoms with Crippen LogP contribution in [0.5, 0.6) is 0 Å². The number of benzene rings is 1. The van der Waals surface area contributed by atoms with Crippen LogP contribution >= 0.6 is 0 Å². The molecule has 2 amide bonds.